The predicted molar refractivity (Wildman–Crippen MR) is 39.6 cm³/mol. The number of nitrogens with zero attached hydrogens (tertiary/aromatic N) is 3. The van der Waals surface area contributed by atoms with Gasteiger partial charge in [0.15, 0.2) is 0 Å². The molecule has 0 aliphatic rings. The van der Waals surface area contributed by atoms with Crippen LogP contribution in [0, 0.1) is 20.9 Å². The monoisotopic (exact) mass is 202 g/mol. The van der Waals surface area contributed by atoms with Crippen LogP contribution in [0.1, 0.15) is 0 Å². The summed E-state index contributed by atoms with van der Waals surface area (Å²) in [4.78, 5) is 9.31. The van der Waals surface area contributed by atoms with Crippen LogP contribution in [0.4, 0.5) is 11.5 Å². The first-order chi connectivity index (χ1) is 6.37. The van der Waals surface area contributed by atoms with E-state index in [0.29, 0.717) is 0 Å². The third kappa shape index (κ3) is 1.05. The lowest BCUT2D eigenvalue weighted by atomic mass is 10.5. The van der Waals surface area contributed by atoms with E-state index in [2.05, 4.69) is 0 Å². The average Bonchev–Trinajstić information content (AvgIpc) is 2.11. The van der Waals surface area contributed by atoms with Gasteiger partial charge in [-0.3, -0.25) is 20.9 Å². The molecular weight excluding hydrogens is 196 g/mol. The molecule has 0 saturated carbocycles. The van der Waals surface area contributed by atoms with E-state index in [1.165, 1.54) is 0 Å². The number of nitro groups is 1. The Balaban J connectivity index is 3.88. The first kappa shape index (κ1) is 9.57. The fourth-order valence-electron chi connectivity index (χ4n) is 0.812. The molecule has 0 aromatic carbocycles. The molecule has 1 aromatic rings. The van der Waals surface area contributed by atoms with Crippen molar-refractivity contribution in [1.82, 2.24) is 9.46 Å². The molecule has 0 aliphatic carbocycles. The highest BCUT2D eigenvalue weighted by Gasteiger charge is 2.22. The number of hydrogen-bond acceptors (Lipinski definition) is 7. The summed E-state index contributed by atoms with van der Waals surface area (Å²) in [6, 6.07) is 0. The zero-order valence-corrected chi connectivity index (χ0v) is 6.63. The number of nitrogens with one attached hydrogen (secondary N) is 2. The van der Waals surface area contributed by atoms with Crippen LogP contribution >= 0.6 is 0 Å². The van der Waals surface area contributed by atoms with Crippen LogP contribution < -0.4 is 16.8 Å². The Morgan fingerprint density at radius 1 is 1.36 bits per heavy atom. The topological polar surface area (TPSA) is 167 Å². The van der Waals surface area contributed by atoms with Gasteiger partial charge in [-0.2, -0.15) is 0 Å². The van der Waals surface area contributed by atoms with Gasteiger partial charge in [-0.05, 0) is 0 Å². The largest absolute Gasteiger partial charge is 0.423 e. The summed E-state index contributed by atoms with van der Waals surface area (Å²) in [5, 5.41) is 42.3. The quantitative estimate of drug-likeness (QED) is 0.205. The van der Waals surface area contributed by atoms with Crippen LogP contribution in [-0.2, 0) is 0 Å². The maximum atomic E-state index is 10.4. The summed E-state index contributed by atoms with van der Waals surface area (Å²) < 4.78 is -0.273. The molecule has 1 heterocycles. The summed E-state index contributed by atoms with van der Waals surface area (Å²) in [5.74, 6) is -0.796. The Kier molecular flexibility index (Phi) is 1.88. The number of nitrogens with two attached hydrogens (primary N) is 1. The molecule has 6 N–H and O–H groups in total. The van der Waals surface area contributed by atoms with Crippen LogP contribution in [0.2, 0.25) is 0 Å². The van der Waals surface area contributed by atoms with Gasteiger partial charge in [0.05, 0.1) is 4.92 Å². The molecule has 0 bridgehead atoms. The zero-order chi connectivity index (χ0) is 11.0. The van der Waals surface area contributed by atoms with Crippen molar-refractivity contribution >= 4 is 11.5 Å². The van der Waals surface area contributed by atoms with Gasteiger partial charge in [-0.1, -0.05) is 0 Å². The second kappa shape index (κ2) is 2.76. The van der Waals surface area contributed by atoms with E-state index in [0.717, 1.165) is 0 Å². The Bertz CT molecular complexity index is 512. The average molecular weight is 202 g/mol. The molecule has 0 spiro atoms. The van der Waals surface area contributed by atoms with E-state index in [4.69, 9.17) is 27.0 Å². The van der Waals surface area contributed by atoms with E-state index < -0.39 is 27.5 Å². The van der Waals surface area contributed by atoms with Crippen LogP contribution in [0.15, 0.2) is 0 Å². The Morgan fingerprint density at radius 2 is 1.86 bits per heavy atom. The first-order valence-electron chi connectivity index (χ1n) is 3.17. The minimum absolute atomic E-state index is 0.101. The van der Waals surface area contributed by atoms with Gasteiger partial charge in [0.25, 0.3) is 5.62 Å². The van der Waals surface area contributed by atoms with Crippen LogP contribution in [-0.4, -0.2) is 24.8 Å². The van der Waals surface area contributed by atoms with E-state index in [-0.39, 0.29) is 9.46 Å². The second-order valence-corrected chi connectivity index (χ2v) is 2.29. The minimum atomic E-state index is -1.05. The third-order valence-corrected chi connectivity index (χ3v) is 1.49. The summed E-state index contributed by atoms with van der Waals surface area (Å²) >= 11 is 0. The molecule has 0 saturated heterocycles. The normalized spacial score (nSPS) is 10.0. The van der Waals surface area contributed by atoms with Crippen LogP contribution in [0.3, 0.4) is 0 Å². The summed E-state index contributed by atoms with van der Waals surface area (Å²) in [7, 11) is 0. The number of rotatable bonds is 1. The zero-order valence-electron chi connectivity index (χ0n) is 6.63. The maximum Gasteiger partial charge on any atom is 0.357 e. The fraction of sp³-hybridized carbons (Fsp3) is 0. The highest BCUT2D eigenvalue weighted by Crippen LogP contribution is 2.10. The molecule has 10 nitrogen and oxygen atoms in total. The number of hydrogen-bond donors (Lipinski definition) is 5. The summed E-state index contributed by atoms with van der Waals surface area (Å²) in [5.41, 5.74) is 2.14. The van der Waals surface area contributed by atoms with Crippen molar-refractivity contribution < 1.29 is 15.3 Å². The van der Waals surface area contributed by atoms with Crippen molar-refractivity contribution in [2.24, 2.45) is 0 Å². The van der Waals surface area contributed by atoms with Gasteiger partial charge in [0.2, 0.25) is 11.3 Å². The lowest BCUT2D eigenvalue weighted by Gasteiger charge is -2.05. The van der Waals surface area contributed by atoms with Crippen molar-refractivity contribution in [1.29, 1.82) is 10.8 Å². The van der Waals surface area contributed by atoms with Crippen molar-refractivity contribution in [3.63, 3.8) is 0 Å². The van der Waals surface area contributed by atoms with Gasteiger partial charge >= 0.3 is 5.69 Å². The van der Waals surface area contributed by atoms with Gasteiger partial charge in [0, 0.05) is 0 Å². The first-order valence-corrected chi connectivity index (χ1v) is 3.17. The SMILES string of the molecule is N=c1c([N+](=O)[O-])c(N)n(O)c(=N)n1O. The highest BCUT2D eigenvalue weighted by molar-refractivity contribution is 5.49. The van der Waals surface area contributed by atoms with Crippen molar-refractivity contribution in [3.8, 4) is 0 Å². The minimum Gasteiger partial charge on any atom is -0.423 e. The molecule has 0 amide bonds. The van der Waals surface area contributed by atoms with Gasteiger partial charge in [-0.25, -0.2) is 0 Å². The van der Waals surface area contributed by atoms with Crippen molar-refractivity contribution in [2.75, 3.05) is 5.73 Å². The smallest absolute Gasteiger partial charge is 0.357 e. The highest BCUT2D eigenvalue weighted by atomic mass is 16.6. The Labute approximate surface area is 75.2 Å². The van der Waals surface area contributed by atoms with E-state index in [9.17, 15) is 10.1 Å². The predicted octanol–water partition coefficient (Wildman–Crippen LogP) is -1.79. The van der Waals surface area contributed by atoms with Crippen molar-refractivity contribution in [2.45, 2.75) is 0 Å². The molecule has 0 radical (unpaired) electrons. The Hall–Kier alpha value is -2.52. The van der Waals surface area contributed by atoms with E-state index >= 15 is 0 Å². The number of anilines is 1. The lowest BCUT2D eigenvalue weighted by molar-refractivity contribution is -0.387. The van der Waals surface area contributed by atoms with Gasteiger partial charge < -0.3 is 16.1 Å². The van der Waals surface area contributed by atoms with Gasteiger partial charge in [0.1, 0.15) is 0 Å². The third-order valence-electron chi connectivity index (χ3n) is 1.49. The van der Waals surface area contributed by atoms with Crippen molar-refractivity contribution in [3.05, 3.63) is 21.2 Å². The number of nitrogen functional groups attached to an aromatic ring is 1. The molecular formula is C4H6N6O4. The molecule has 76 valence electrons. The molecule has 10 heteroatoms. The van der Waals surface area contributed by atoms with E-state index in [1.54, 1.807) is 0 Å². The molecule has 0 atom stereocenters. The molecule has 0 unspecified atom stereocenters. The summed E-state index contributed by atoms with van der Waals surface area (Å²) in [6.07, 6.45) is 0. The van der Waals surface area contributed by atoms with Crippen LogP contribution in [0.5, 0.6) is 0 Å². The fourth-order valence-corrected chi connectivity index (χ4v) is 0.812. The van der Waals surface area contributed by atoms with E-state index in [1.807, 2.05) is 0 Å². The summed E-state index contributed by atoms with van der Waals surface area (Å²) in [6.45, 7) is 0. The standard InChI is InChI=1S/C4H6N6O4/c5-2-1(10(13)14)3(6)9(12)4(7)8(2)11/h5,7,11-12H,6H2. The lowest BCUT2D eigenvalue weighted by Crippen LogP contribution is -2.40. The second-order valence-electron chi connectivity index (χ2n) is 2.29. The van der Waals surface area contributed by atoms with Gasteiger partial charge in [-0.15, -0.1) is 9.46 Å². The molecule has 1 rings (SSSR count). The molecule has 0 aliphatic heterocycles. The molecule has 14 heavy (non-hydrogen) atoms. The Morgan fingerprint density at radius 3 is 2.29 bits per heavy atom. The van der Waals surface area contributed by atoms with Crippen LogP contribution in [0.25, 0.3) is 0 Å². The molecule has 1 aromatic heterocycles. The molecule has 0 fully saturated rings. The number of aromatic nitrogens is 2. The maximum absolute atomic E-state index is 10.4.